The smallest absolute Gasteiger partial charge is 0.255 e. The van der Waals surface area contributed by atoms with E-state index in [4.69, 9.17) is 11.6 Å². The number of benzene rings is 1. The molecule has 0 saturated carbocycles. The summed E-state index contributed by atoms with van der Waals surface area (Å²) >= 11 is 5.80. The Kier molecular flexibility index (Phi) is 3.78. The monoisotopic (exact) mass is 307 g/mol. The van der Waals surface area contributed by atoms with Gasteiger partial charge in [-0.15, -0.1) is 0 Å². The number of halogens is 2. The minimum atomic E-state index is -0.416. The Labute approximate surface area is 126 Å². The van der Waals surface area contributed by atoms with Gasteiger partial charge in [0.15, 0.2) is 0 Å². The van der Waals surface area contributed by atoms with E-state index in [0.29, 0.717) is 18.9 Å². The molecule has 1 N–H and O–H groups in total. The van der Waals surface area contributed by atoms with Crippen molar-refractivity contribution in [3.8, 4) is 0 Å². The van der Waals surface area contributed by atoms with E-state index in [2.05, 4.69) is 14.9 Å². The number of H-pyrrole nitrogens is 1. The van der Waals surface area contributed by atoms with Crippen molar-refractivity contribution >= 4 is 11.6 Å². The van der Waals surface area contributed by atoms with E-state index >= 15 is 0 Å². The zero-order valence-electron chi connectivity index (χ0n) is 11.6. The van der Waals surface area contributed by atoms with Gasteiger partial charge in [-0.3, -0.25) is 9.69 Å². The van der Waals surface area contributed by atoms with Crippen molar-refractivity contribution in [1.29, 1.82) is 0 Å². The summed E-state index contributed by atoms with van der Waals surface area (Å²) in [5.41, 5.74) is 2.46. The van der Waals surface area contributed by atoms with Crippen LogP contribution in [0.15, 0.2) is 23.0 Å². The predicted molar refractivity (Wildman–Crippen MR) is 78.8 cm³/mol. The summed E-state index contributed by atoms with van der Waals surface area (Å²) in [6.45, 7) is 3.78. The molecule has 0 unspecified atom stereocenters. The van der Waals surface area contributed by atoms with Crippen LogP contribution < -0.4 is 5.56 Å². The molecule has 2 heterocycles. The second-order valence-corrected chi connectivity index (χ2v) is 5.69. The van der Waals surface area contributed by atoms with Crippen molar-refractivity contribution in [2.75, 3.05) is 6.54 Å². The summed E-state index contributed by atoms with van der Waals surface area (Å²) < 4.78 is 13.2. The highest BCUT2D eigenvalue weighted by molar-refractivity contribution is 6.30. The molecule has 4 nitrogen and oxygen atoms in total. The second kappa shape index (κ2) is 5.58. The highest BCUT2D eigenvalue weighted by Gasteiger charge is 2.20. The van der Waals surface area contributed by atoms with Crippen molar-refractivity contribution in [3.05, 3.63) is 62.0 Å². The Bertz CT molecular complexity index is 744. The van der Waals surface area contributed by atoms with Gasteiger partial charge in [-0.1, -0.05) is 17.7 Å². The number of fused-ring (bicyclic) bond motifs is 1. The average Bonchev–Trinajstić information content (AvgIpc) is 2.43. The molecule has 1 aromatic carbocycles. The molecule has 1 aromatic heterocycles. The molecule has 0 spiro atoms. The maximum atomic E-state index is 13.2. The Morgan fingerprint density at radius 3 is 3.05 bits per heavy atom. The summed E-state index contributed by atoms with van der Waals surface area (Å²) in [4.78, 5) is 21.2. The van der Waals surface area contributed by atoms with Crippen molar-refractivity contribution < 1.29 is 4.39 Å². The van der Waals surface area contributed by atoms with E-state index in [9.17, 15) is 9.18 Å². The van der Waals surface area contributed by atoms with Gasteiger partial charge in [-0.2, -0.15) is 0 Å². The summed E-state index contributed by atoms with van der Waals surface area (Å²) in [6.07, 6.45) is 0.745. The Balaban J connectivity index is 1.80. The predicted octanol–water partition coefficient (Wildman–Crippen LogP) is 2.43. The number of aryl methyl sites for hydroxylation is 1. The van der Waals surface area contributed by atoms with Gasteiger partial charge >= 0.3 is 0 Å². The molecule has 0 aliphatic carbocycles. The Morgan fingerprint density at radius 2 is 2.29 bits per heavy atom. The number of nitrogens with zero attached hydrogens (tertiary/aromatic N) is 2. The maximum absolute atomic E-state index is 13.2. The maximum Gasteiger partial charge on any atom is 0.255 e. The molecule has 110 valence electrons. The van der Waals surface area contributed by atoms with Crippen LogP contribution in [-0.4, -0.2) is 21.4 Å². The van der Waals surface area contributed by atoms with Crippen LogP contribution in [0, 0.1) is 12.7 Å². The van der Waals surface area contributed by atoms with E-state index in [1.165, 1.54) is 6.07 Å². The third-order valence-corrected chi connectivity index (χ3v) is 3.95. The molecule has 3 rings (SSSR count). The van der Waals surface area contributed by atoms with Crippen LogP contribution in [0.5, 0.6) is 0 Å². The van der Waals surface area contributed by atoms with Crippen LogP contribution >= 0.6 is 11.6 Å². The first-order valence-electron chi connectivity index (χ1n) is 6.78. The quantitative estimate of drug-likeness (QED) is 0.927. The van der Waals surface area contributed by atoms with Crippen LogP contribution in [0.1, 0.15) is 22.6 Å². The van der Waals surface area contributed by atoms with Gasteiger partial charge in [0.1, 0.15) is 11.6 Å². The fraction of sp³-hybridized carbons (Fsp3) is 0.333. The highest BCUT2D eigenvalue weighted by atomic mass is 35.5. The normalized spacial score (nSPS) is 15.0. The molecule has 2 aromatic rings. The molecular weight excluding hydrogens is 293 g/mol. The summed E-state index contributed by atoms with van der Waals surface area (Å²) in [7, 11) is 0. The molecule has 0 bridgehead atoms. The van der Waals surface area contributed by atoms with Crippen molar-refractivity contribution in [3.63, 3.8) is 0 Å². The van der Waals surface area contributed by atoms with Gasteiger partial charge in [-0.25, -0.2) is 9.37 Å². The van der Waals surface area contributed by atoms with Gasteiger partial charge in [0.05, 0.1) is 16.3 Å². The molecule has 0 radical (unpaired) electrons. The SMILES string of the molecule is Cc1nc2c(c(=O)[nH]1)CN(Cc1ccc(F)c(Cl)c1)CC2. The largest absolute Gasteiger partial charge is 0.310 e. The van der Waals surface area contributed by atoms with Gasteiger partial charge in [0.25, 0.3) is 5.56 Å². The van der Waals surface area contributed by atoms with E-state index in [0.717, 1.165) is 29.8 Å². The minimum Gasteiger partial charge on any atom is -0.310 e. The Hall–Kier alpha value is -1.72. The topological polar surface area (TPSA) is 49.0 Å². The lowest BCUT2D eigenvalue weighted by Crippen LogP contribution is -2.35. The lowest BCUT2D eigenvalue weighted by Gasteiger charge is -2.27. The lowest BCUT2D eigenvalue weighted by molar-refractivity contribution is 0.241. The number of hydrogen-bond acceptors (Lipinski definition) is 3. The number of aromatic amines is 1. The fourth-order valence-corrected chi connectivity index (χ4v) is 2.84. The van der Waals surface area contributed by atoms with Gasteiger partial charge in [-0.05, 0) is 24.6 Å². The van der Waals surface area contributed by atoms with E-state index in [1.54, 1.807) is 19.1 Å². The summed E-state index contributed by atoms with van der Waals surface area (Å²) in [6, 6.07) is 4.71. The van der Waals surface area contributed by atoms with Gasteiger partial charge in [0.2, 0.25) is 0 Å². The molecule has 21 heavy (non-hydrogen) atoms. The third kappa shape index (κ3) is 2.99. The lowest BCUT2D eigenvalue weighted by atomic mass is 10.1. The van der Waals surface area contributed by atoms with Crippen LogP contribution in [0.4, 0.5) is 4.39 Å². The molecular formula is C15H15ClFN3O. The third-order valence-electron chi connectivity index (χ3n) is 3.66. The Morgan fingerprint density at radius 1 is 1.48 bits per heavy atom. The molecule has 0 amide bonds. The molecule has 1 aliphatic rings. The van der Waals surface area contributed by atoms with Crippen molar-refractivity contribution in [2.45, 2.75) is 26.4 Å². The van der Waals surface area contributed by atoms with E-state index < -0.39 is 5.82 Å². The zero-order chi connectivity index (χ0) is 15.0. The fourth-order valence-electron chi connectivity index (χ4n) is 2.64. The van der Waals surface area contributed by atoms with Crippen LogP contribution in [0.25, 0.3) is 0 Å². The first kappa shape index (κ1) is 14.2. The van der Waals surface area contributed by atoms with E-state index in [1.807, 2.05) is 0 Å². The number of hydrogen-bond donors (Lipinski definition) is 1. The van der Waals surface area contributed by atoms with Crippen LogP contribution in [-0.2, 0) is 19.5 Å². The second-order valence-electron chi connectivity index (χ2n) is 5.29. The molecule has 0 saturated heterocycles. The standard InChI is InChI=1S/C15H15ClFN3O/c1-9-18-14-4-5-20(8-11(14)15(21)19-9)7-10-2-3-13(17)12(16)6-10/h2-3,6H,4-5,7-8H2,1H3,(H,18,19,21). The highest BCUT2D eigenvalue weighted by Crippen LogP contribution is 2.20. The molecule has 1 aliphatic heterocycles. The first-order valence-corrected chi connectivity index (χ1v) is 7.15. The first-order chi connectivity index (χ1) is 10.0. The van der Waals surface area contributed by atoms with Gasteiger partial charge in [0, 0.05) is 26.1 Å². The van der Waals surface area contributed by atoms with Gasteiger partial charge < -0.3 is 4.98 Å². The summed E-state index contributed by atoms with van der Waals surface area (Å²) in [5, 5.41) is 0.125. The van der Waals surface area contributed by atoms with Crippen LogP contribution in [0.2, 0.25) is 5.02 Å². The number of nitrogens with one attached hydrogen (secondary N) is 1. The molecule has 0 fully saturated rings. The summed E-state index contributed by atoms with van der Waals surface area (Å²) in [5.74, 6) is 0.234. The van der Waals surface area contributed by atoms with Crippen molar-refractivity contribution in [2.24, 2.45) is 0 Å². The molecule has 0 atom stereocenters. The van der Waals surface area contributed by atoms with E-state index in [-0.39, 0.29) is 10.6 Å². The number of rotatable bonds is 2. The van der Waals surface area contributed by atoms with Crippen LogP contribution in [0.3, 0.4) is 0 Å². The number of aromatic nitrogens is 2. The van der Waals surface area contributed by atoms with Crippen molar-refractivity contribution in [1.82, 2.24) is 14.9 Å². The zero-order valence-corrected chi connectivity index (χ0v) is 12.4. The molecule has 6 heteroatoms. The average molecular weight is 308 g/mol. The minimum absolute atomic E-state index is 0.0701.